The maximum Gasteiger partial charge on any atom is 0.328 e. The first-order valence-corrected chi connectivity index (χ1v) is 9.98. The molecule has 0 saturated carbocycles. The SMILES string of the molecule is CC1=C(C)N2C(=NC3C2C(=O)N(Cc2ccc(Cl)cc2)C(=O)N3C)N1CCCO. The van der Waals surface area contributed by atoms with Gasteiger partial charge in [-0.25, -0.2) is 9.79 Å². The quantitative estimate of drug-likeness (QED) is 0.793. The zero-order chi connectivity index (χ0) is 20.9. The number of urea groups is 1. The second kappa shape index (κ2) is 7.35. The number of amides is 3. The first-order chi connectivity index (χ1) is 13.8. The van der Waals surface area contributed by atoms with Gasteiger partial charge >= 0.3 is 6.03 Å². The van der Waals surface area contributed by atoms with E-state index >= 15 is 0 Å². The van der Waals surface area contributed by atoms with Gasteiger partial charge in [0.1, 0.15) is 0 Å². The number of aliphatic hydroxyl groups excluding tert-OH is 1. The van der Waals surface area contributed by atoms with Crippen molar-refractivity contribution in [2.75, 3.05) is 20.2 Å². The van der Waals surface area contributed by atoms with Crippen LogP contribution in [0.4, 0.5) is 4.79 Å². The van der Waals surface area contributed by atoms with Gasteiger partial charge in [0.25, 0.3) is 5.91 Å². The summed E-state index contributed by atoms with van der Waals surface area (Å²) in [7, 11) is 1.68. The van der Waals surface area contributed by atoms with Crippen LogP contribution in [-0.2, 0) is 11.3 Å². The molecule has 0 radical (unpaired) electrons. The van der Waals surface area contributed by atoms with E-state index in [0.29, 0.717) is 23.9 Å². The van der Waals surface area contributed by atoms with Crippen LogP contribution in [0.25, 0.3) is 0 Å². The Morgan fingerprint density at radius 3 is 2.45 bits per heavy atom. The predicted octanol–water partition coefficient (Wildman–Crippen LogP) is 2.05. The molecule has 2 atom stereocenters. The fourth-order valence-electron chi connectivity index (χ4n) is 4.10. The summed E-state index contributed by atoms with van der Waals surface area (Å²) in [5.74, 6) is 0.410. The summed E-state index contributed by atoms with van der Waals surface area (Å²) < 4.78 is 0. The minimum atomic E-state index is -0.589. The highest BCUT2D eigenvalue weighted by molar-refractivity contribution is 6.30. The molecule has 1 aromatic carbocycles. The first-order valence-electron chi connectivity index (χ1n) is 9.60. The van der Waals surface area contributed by atoms with Crippen molar-refractivity contribution in [2.24, 2.45) is 4.99 Å². The molecule has 1 aromatic rings. The Balaban J connectivity index is 1.64. The highest BCUT2D eigenvalue weighted by atomic mass is 35.5. The molecular formula is C20H24ClN5O3. The Morgan fingerprint density at radius 2 is 1.79 bits per heavy atom. The number of carbonyl (C=O) groups excluding carboxylic acids is 2. The van der Waals surface area contributed by atoms with E-state index < -0.39 is 12.2 Å². The highest BCUT2D eigenvalue weighted by Gasteiger charge is 2.55. The predicted molar refractivity (Wildman–Crippen MR) is 109 cm³/mol. The molecule has 29 heavy (non-hydrogen) atoms. The van der Waals surface area contributed by atoms with E-state index in [1.807, 2.05) is 35.8 Å². The summed E-state index contributed by atoms with van der Waals surface area (Å²) in [5.41, 5.74) is 2.78. The summed E-state index contributed by atoms with van der Waals surface area (Å²) in [4.78, 5) is 37.8. The third kappa shape index (κ3) is 3.07. The number of rotatable bonds is 5. The summed E-state index contributed by atoms with van der Waals surface area (Å²) >= 11 is 5.95. The van der Waals surface area contributed by atoms with Crippen LogP contribution in [0.15, 0.2) is 40.7 Å². The van der Waals surface area contributed by atoms with Crippen molar-refractivity contribution >= 4 is 29.5 Å². The van der Waals surface area contributed by atoms with E-state index in [-0.39, 0.29) is 25.1 Å². The van der Waals surface area contributed by atoms with Crippen molar-refractivity contribution in [2.45, 2.75) is 39.0 Å². The smallest absolute Gasteiger partial charge is 0.328 e. The zero-order valence-electron chi connectivity index (χ0n) is 16.7. The zero-order valence-corrected chi connectivity index (χ0v) is 17.4. The van der Waals surface area contributed by atoms with Crippen LogP contribution >= 0.6 is 11.6 Å². The average molecular weight is 418 g/mol. The summed E-state index contributed by atoms with van der Waals surface area (Å²) in [6, 6.07) is 6.16. The number of halogens is 1. The number of aliphatic imine (C=N–C) groups is 1. The number of imide groups is 1. The molecule has 3 aliphatic rings. The normalized spacial score (nSPS) is 23.8. The number of benzene rings is 1. The van der Waals surface area contributed by atoms with Crippen molar-refractivity contribution in [1.29, 1.82) is 0 Å². The van der Waals surface area contributed by atoms with Gasteiger partial charge in [-0.2, -0.15) is 0 Å². The fraction of sp³-hybridized carbons (Fsp3) is 0.450. The van der Waals surface area contributed by atoms with Gasteiger partial charge in [-0.3, -0.25) is 14.6 Å². The number of likely N-dealkylation sites (N-methyl/N-ethyl adjacent to an activating group) is 1. The lowest BCUT2D eigenvalue weighted by Crippen LogP contribution is -2.64. The monoisotopic (exact) mass is 417 g/mol. The molecule has 8 nitrogen and oxygen atoms in total. The Bertz CT molecular complexity index is 913. The van der Waals surface area contributed by atoms with E-state index in [2.05, 4.69) is 0 Å². The molecule has 2 unspecified atom stereocenters. The van der Waals surface area contributed by atoms with Crippen molar-refractivity contribution < 1.29 is 14.7 Å². The molecule has 9 heteroatoms. The molecule has 0 bridgehead atoms. The average Bonchev–Trinajstić information content (AvgIpc) is 3.20. The van der Waals surface area contributed by atoms with E-state index in [4.69, 9.17) is 16.6 Å². The van der Waals surface area contributed by atoms with Crippen molar-refractivity contribution in [1.82, 2.24) is 19.6 Å². The van der Waals surface area contributed by atoms with Gasteiger partial charge in [-0.15, -0.1) is 0 Å². The lowest BCUT2D eigenvalue weighted by Gasteiger charge is -2.40. The molecule has 3 heterocycles. The van der Waals surface area contributed by atoms with Crippen LogP contribution in [0.3, 0.4) is 0 Å². The summed E-state index contributed by atoms with van der Waals surface area (Å²) in [6.07, 6.45) is 0.0317. The fourth-order valence-corrected chi connectivity index (χ4v) is 4.22. The van der Waals surface area contributed by atoms with Crippen LogP contribution in [0.5, 0.6) is 0 Å². The molecular weight excluding hydrogens is 394 g/mol. The first kappa shape index (κ1) is 19.7. The highest BCUT2D eigenvalue weighted by Crippen LogP contribution is 2.38. The number of carbonyl (C=O) groups is 2. The minimum Gasteiger partial charge on any atom is -0.396 e. The summed E-state index contributed by atoms with van der Waals surface area (Å²) in [6.45, 7) is 4.81. The molecule has 3 aliphatic heterocycles. The third-order valence-electron chi connectivity index (χ3n) is 5.80. The maximum absolute atomic E-state index is 13.4. The summed E-state index contributed by atoms with van der Waals surface area (Å²) in [5, 5.41) is 9.82. The molecule has 1 fully saturated rings. The van der Waals surface area contributed by atoms with Crippen molar-refractivity contribution in [3.05, 3.63) is 46.2 Å². The Morgan fingerprint density at radius 1 is 1.10 bits per heavy atom. The topological polar surface area (TPSA) is 79.7 Å². The number of fused-ring (bicyclic) bond motifs is 3. The molecule has 3 amide bonds. The van der Waals surface area contributed by atoms with E-state index in [9.17, 15) is 14.7 Å². The van der Waals surface area contributed by atoms with Gasteiger partial charge in [0.05, 0.1) is 6.54 Å². The standard InChI is InChI=1S/C20H24ClN5O3/c1-12-13(2)26-16-17(22-19(26)24(12)9-4-10-27)23(3)20(29)25(18(16)28)11-14-5-7-15(21)8-6-14/h5-8,16-17,27H,4,9-11H2,1-3H3. The molecule has 1 N–H and O–H groups in total. The van der Waals surface area contributed by atoms with Gasteiger partial charge in [0.2, 0.25) is 5.96 Å². The van der Waals surface area contributed by atoms with Gasteiger partial charge in [0.15, 0.2) is 12.2 Å². The van der Waals surface area contributed by atoms with Gasteiger partial charge in [-0.1, -0.05) is 23.7 Å². The largest absolute Gasteiger partial charge is 0.396 e. The van der Waals surface area contributed by atoms with Gasteiger partial charge < -0.3 is 14.9 Å². The molecule has 0 aliphatic carbocycles. The lowest BCUT2D eigenvalue weighted by atomic mass is 10.1. The van der Waals surface area contributed by atoms with Gasteiger partial charge in [0, 0.05) is 36.6 Å². The van der Waals surface area contributed by atoms with E-state index in [0.717, 1.165) is 17.0 Å². The second-order valence-electron chi connectivity index (χ2n) is 7.50. The van der Waals surface area contributed by atoms with Crippen molar-refractivity contribution in [3.63, 3.8) is 0 Å². The third-order valence-corrected chi connectivity index (χ3v) is 6.05. The van der Waals surface area contributed by atoms with E-state index in [1.54, 1.807) is 19.2 Å². The van der Waals surface area contributed by atoms with Crippen molar-refractivity contribution in [3.8, 4) is 0 Å². The molecule has 0 spiro atoms. The number of nitrogens with zero attached hydrogens (tertiary/aromatic N) is 5. The van der Waals surface area contributed by atoms with Crippen LogP contribution in [0.1, 0.15) is 25.8 Å². The lowest BCUT2D eigenvalue weighted by molar-refractivity contribution is -0.137. The van der Waals surface area contributed by atoms with Crippen LogP contribution < -0.4 is 0 Å². The number of hydrogen-bond donors (Lipinski definition) is 1. The Kier molecular flexibility index (Phi) is 5.00. The van der Waals surface area contributed by atoms with Crippen LogP contribution in [-0.4, -0.2) is 75.0 Å². The molecule has 154 valence electrons. The Hall–Kier alpha value is -2.58. The number of aliphatic hydroxyl groups is 1. The number of guanidine groups is 1. The van der Waals surface area contributed by atoms with Gasteiger partial charge in [-0.05, 0) is 38.0 Å². The van der Waals surface area contributed by atoms with Crippen LogP contribution in [0.2, 0.25) is 5.02 Å². The number of allylic oxidation sites excluding steroid dienone is 2. The minimum absolute atomic E-state index is 0.0785. The Labute approximate surface area is 174 Å². The molecule has 4 rings (SSSR count). The second-order valence-corrected chi connectivity index (χ2v) is 7.94. The molecule has 0 aromatic heterocycles. The number of hydrogen-bond acceptors (Lipinski definition) is 6. The maximum atomic E-state index is 13.4. The molecule has 1 saturated heterocycles. The van der Waals surface area contributed by atoms with Crippen LogP contribution in [0, 0.1) is 0 Å². The van der Waals surface area contributed by atoms with E-state index in [1.165, 1.54) is 9.80 Å².